The minimum Gasteiger partial charge on any atom is -0.478 e. The zero-order valence-electron chi connectivity index (χ0n) is 11.3. The Balaban J connectivity index is 2.00. The summed E-state index contributed by atoms with van der Waals surface area (Å²) in [6.45, 7) is 2.49. The number of rotatable bonds is 5. The third-order valence-corrected chi connectivity index (χ3v) is 3.92. The predicted molar refractivity (Wildman–Crippen MR) is 72.0 cm³/mol. The highest BCUT2D eigenvalue weighted by atomic mass is 16.5. The van der Waals surface area contributed by atoms with E-state index in [9.17, 15) is 4.79 Å². The topological polar surface area (TPSA) is 59.4 Å². The molecule has 1 aromatic rings. The zero-order chi connectivity index (χ0) is 13.7. The second kappa shape index (κ2) is 6.66. The fourth-order valence-corrected chi connectivity index (χ4v) is 2.79. The average Bonchev–Trinajstić information content (AvgIpc) is 2.45. The number of nitrogens with zero attached hydrogens (tertiary/aromatic N) is 1. The van der Waals surface area contributed by atoms with Gasteiger partial charge in [0, 0.05) is 6.20 Å². The van der Waals surface area contributed by atoms with Gasteiger partial charge in [-0.3, -0.25) is 4.98 Å². The molecule has 1 saturated carbocycles. The molecule has 0 radical (unpaired) electrons. The molecule has 0 aliphatic heterocycles. The van der Waals surface area contributed by atoms with Crippen molar-refractivity contribution >= 4 is 5.97 Å². The van der Waals surface area contributed by atoms with Gasteiger partial charge in [0.25, 0.3) is 0 Å². The summed E-state index contributed by atoms with van der Waals surface area (Å²) in [5.41, 5.74) is 0.766. The molecule has 1 aliphatic carbocycles. The van der Waals surface area contributed by atoms with Crippen molar-refractivity contribution in [3.05, 3.63) is 29.6 Å². The SMILES string of the molecule is CCC1CCCCC1OCc1ncccc1C(=O)O. The molecule has 1 fully saturated rings. The monoisotopic (exact) mass is 263 g/mol. The second-order valence-corrected chi connectivity index (χ2v) is 5.11. The maximum atomic E-state index is 11.1. The van der Waals surface area contributed by atoms with Gasteiger partial charge in [-0.05, 0) is 30.9 Å². The molecular weight excluding hydrogens is 242 g/mol. The molecule has 4 heteroatoms. The molecule has 1 aromatic heterocycles. The Morgan fingerprint density at radius 2 is 2.26 bits per heavy atom. The molecule has 1 aliphatic rings. The first-order chi connectivity index (χ1) is 9.22. The van der Waals surface area contributed by atoms with Crippen LogP contribution in [-0.4, -0.2) is 22.2 Å². The summed E-state index contributed by atoms with van der Waals surface area (Å²) in [7, 11) is 0. The molecule has 0 amide bonds. The fourth-order valence-electron chi connectivity index (χ4n) is 2.79. The lowest BCUT2D eigenvalue weighted by Gasteiger charge is -2.30. The van der Waals surface area contributed by atoms with Crippen molar-refractivity contribution < 1.29 is 14.6 Å². The van der Waals surface area contributed by atoms with E-state index in [1.165, 1.54) is 19.3 Å². The van der Waals surface area contributed by atoms with Crippen molar-refractivity contribution in [2.24, 2.45) is 5.92 Å². The summed E-state index contributed by atoms with van der Waals surface area (Å²) >= 11 is 0. The smallest absolute Gasteiger partial charge is 0.337 e. The quantitative estimate of drug-likeness (QED) is 0.885. The largest absolute Gasteiger partial charge is 0.478 e. The van der Waals surface area contributed by atoms with E-state index >= 15 is 0 Å². The highest BCUT2D eigenvalue weighted by molar-refractivity contribution is 5.88. The van der Waals surface area contributed by atoms with Gasteiger partial charge in [-0.25, -0.2) is 4.79 Å². The Hall–Kier alpha value is -1.42. The average molecular weight is 263 g/mol. The van der Waals surface area contributed by atoms with E-state index in [4.69, 9.17) is 9.84 Å². The molecule has 1 N–H and O–H groups in total. The van der Waals surface area contributed by atoms with Crippen LogP contribution in [-0.2, 0) is 11.3 Å². The summed E-state index contributed by atoms with van der Waals surface area (Å²) in [6, 6.07) is 3.22. The van der Waals surface area contributed by atoms with Crippen LogP contribution in [0.1, 0.15) is 55.1 Å². The molecular formula is C15H21NO3. The second-order valence-electron chi connectivity index (χ2n) is 5.11. The van der Waals surface area contributed by atoms with Crippen LogP contribution in [0.15, 0.2) is 18.3 Å². The van der Waals surface area contributed by atoms with Crippen LogP contribution < -0.4 is 0 Å². The molecule has 2 atom stereocenters. The lowest BCUT2D eigenvalue weighted by molar-refractivity contribution is -0.0238. The maximum Gasteiger partial charge on any atom is 0.337 e. The van der Waals surface area contributed by atoms with Crippen LogP contribution >= 0.6 is 0 Å². The van der Waals surface area contributed by atoms with Gasteiger partial charge < -0.3 is 9.84 Å². The molecule has 0 saturated heterocycles. The summed E-state index contributed by atoms with van der Waals surface area (Å²) in [5.74, 6) is -0.340. The van der Waals surface area contributed by atoms with E-state index in [-0.39, 0.29) is 11.7 Å². The minimum absolute atomic E-state index is 0.242. The van der Waals surface area contributed by atoms with Crippen LogP contribution in [0.5, 0.6) is 0 Å². The first kappa shape index (κ1) is 14.0. The van der Waals surface area contributed by atoms with Crippen molar-refractivity contribution in [2.75, 3.05) is 0 Å². The number of pyridine rings is 1. The third-order valence-electron chi connectivity index (χ3n) is 3.92. The van der Waals surface area contributed by atoms with Gasteiger partial charge in [-0.15, -0.1) is 0 Å². The molecule has 0 spiro atoms. The number of hydrogen-bond donors (Lipinski definition) is 1. The fraction of sp³-hybridized carbons (Fsp3) is 0.600. The Morgan fingerprint density at radius 3 is 3.00 bits per heavy atom. The highest BCUT2D eigenvalue weighted by Gasteiger charge is 2.24. The van der Waals surface area contributed by atoms with Crippen LogP contribution in [0.2, 0.25) is 0 Å². The van der Waals surface area contributed by atoms with Gasteiger partial charge in [0.15, 0.2) is 0 Å². The first-order valence-corrected chi connectivity index (χ1v) is 7.01. The molecule has 0 aromatic carbocycles. The molecule has 2 rings (SSSR count). The van der Waals surface area contributed by atoms with Crippen molar-refractivity contribution in [1.82, 2.24) is 4.98 Å². The molecule has 19 heavy (non-hydrogen) atoms. The van der Waals surface area contributed by atoms with E-state index in [1.807, 2.05) is 0 Å². The van der Waals surface area contributed by atoms with E-state index in [0.29, 0.717) is 18.2 Å². The predicted octanol–water partition coefficient (Wildman–Crippen LogP) is 3.27. The van der Waals surface area contributed by atoms with Gasteiger partial charge >= 0.3 is 5.97 Å². The molecule has 4 nitrogen and oxygen atoms in total. The third kappa shape index (κ3) is 3.53. The first-order valence-electron chi connectivity index (χ1n) is 7.01. The van der Waals surface area contributed by atoms with E-state index < -0.39 is 5.97 Å². The number of carboxylic acids is 1. The van der Waals surface area contributed by atoms with E-state index in [0.717, 1.165) is 12.8 Å². The summed E-state index contributed by atoms with van der Waals surface area (Å²) in [6.07, 6.45) is 7.77. The Morgan fingerprint density at radius 1 is 1.47 bits per heavy atom. The van der Waals surface area contributed by atoms with Gasteiger partial charge in [-0.2, -0.15) is 0 Å². The summed E-state index contributed by atoms with van der Waals surface area (Å²) in [5, 5.41) is 9.11. The van der Waals surface area contributed by atoms with Crippen molar-refractivity contribution in [2.45, 2.75) is 51.7 Å². The number of carboxylic acid groups (broad SMARTS) is 1. The Bertz CT molecular complexity index is 433. The summed E-state index contributed by atoms with van der Waals surface area (Å²) < 4.78 is 5.94. The number of ether oxygens (including phenoxy) is 1. The van der Waals surface area contributed by atoms with Gasteiger partial charge in [-0.1, -0.05) is 26.2 Å². The standard InChI is InChI=1S/C15H21NO3/c1-2-11-6-3-4-8-14(11)19-10-13-12(15(17)18)7-5-9-16-13/h5,7,9,11,14H,2-4,6,8,10H2,1H3,(H,17,18). The maximum absolute atomic E-state index is 11.1. The van der Waals surface area contributed by atoms with Gasteiger partial charge in [0.1, 0.15) is 0 Å². The molecule has 1 heterocycles. The van der Waals surface area contributed by atoms with Crippen LogP contribution in [0.25, 0.3) is 0 Å². The van der Waals surface area contributed by atoms with Crippen molar-refractivity contribution in [1.29, 1.82) is 0 Å². The van der Waals surface area contributed by atoms with Gasteiger partial charge in [0.05, 0.1) is 24.0 Å². The van der Waals surface area contributed by atoms with E-state index in [1.54, 1.807) is 18.3 Å². The van der Waals surface area contributed by atoms with Crippen LogP contribution in [0.4, 0.5) is 0 Å². The molecule has 0 bridgehead atoms. The zero-order valence-corrected chi connectivity index (χ0v) is 11.3. The van der Waals surface area contributed by atoms with Crippen molar-refractivity contribution in [3.8, 4) is 0 Å². The Labute approximate surface area is 113 Å². The molecule has 104 valence electrons. The summed E-state index contributed by atoms with van der Waals surface area (Å²) in [4.78, 5) is 15.2. The normalized spacial score (nSPS) is 23.2. The number of aromatic nitrogens is 1. The van der Waals surface area contributed by atoms with Gasteiger partial charge in [0.2, 0.25) is 0 Å². The molecule has 2 unspecified atom stereocenters. The lowest BCUT2D eigenvalue weighted by atomic mass is 9.85. The van der Waals surface area contributed by atoms with Crippen LogP contribution in [0.3, 0.4) is 0 Å². The number of hydrogen-bond acceptors (Lipinski definition) is 3. The lowest BCUT2D eigenvalue weighted by Crippen LogP contribution is -2.27. The minimum atomic E-state index is -0.942. The number of aromatic carboxylic acids is 1. The van der Waals surface area contributed by atoms with E-state index in [2.05, 4.69) is 11.9 Å². The Kier molecular flexibility index (Phi) is 4.91. The number of carbonyl (C=O) groups is 1. The van der Waals surface area contributed by atoms with Crippen LogP contribution in [0, 0.1) is 5.92 Å². The highest BCUT2D eigenvalue weighted by Crippen LogP contribution is 2.29. The van der Waals surface area contributed by atoms with Crippen molar-refractivity contribution in [3.63, 3.8) is 0 Å².